The quantitative estimate of drug-likeness (QED) is 0.710. The molecular weight excluding hydrogens is 438 g/mol. The van der Waals surface area contributed by atoms with Crippen molar-refractivity contribution >= 4 is 50.7 Å². The van der Waals surface area contributed by atoms with E-state index in [1.54, 1.807) is 6.07 Å². The number of sulfonamides is 1. The number of amides is 1. The van der Waals surface area contributed by atoms with Crippen molar-refractivity contribution in [3.63, 3.8) is 0 Å². The van der Waals surface area contributed by atoms with Gasteiger partial charge in [-0.25, -0.2) is 12.8 Å². The molecule has 0 spiro atoms. The summed E-state index contributed by atoms with van der Waals surface area (Å²) in [7, 11) is -3.90. The smallest absolute Gasteiger partial charge is 0.255 e. The lowest BCUT2D eigenvalue weighted by atomic mass is 10.2. The van der Waals surface area contributed by atoms with Gasteiger partial charge in [0, 0.05) is 26.2 Å². The predicted molar refractivity (Wildman–Crippen MR) is 103 cm³/mol. The van der Waals surface area contributed by atoms with E-state index in [9.17, 15) is 17.6 Å². The number of carbonyl (C=O) groups excluding carboxylic acids is 1. The van der Waals surface area contributed by atoms with Gasteiger partial charge in [-0.15, -0.1) is 0 Å². The molecule has 2 aromatic carbocycles. The summed E-state index contributed by atoms with van der Waals surface area (Å²) in [5.74, 6) is -0.920. The van der Waals surface area contributed by atoms with Crippen LogP contribution in [0.25, 0.3) is 0 Å². The zero-order valence-electron chi connectivity index (χ0n) is 13.8. The van der Waals surface area contributed by atoms with Crippen LogP contribution in [0.1, 0.15) is 10.4 Å². The highest BCUT2D eigenvalue weighted by atomic mass is 35.5. The highest BCUT2D eigenvalue weighted by Crippen LogP contribution is 2.32. The zero-order chi connectivity index (χ0) is 19.8. The molecule has 0 aliphatic carbocycles. The van der Waals surface area contributed by atoms with E-state index in [0.29, 0.717) is 0 Å². The number of benzene rings is 2. The summed E-state index contributed by atoms with van der Waals surface area (Å²) < 4.78 is 40.1. The summed E-state index contributed by atoms with van der Waals surface area (Å²) >= 11 is 18.0. The maximum absolute atomic E-state index is 13.2. The van der Waals surface area contributed by atoms with Crippen molar-refractivity contribution in [2.45, 2.75) is 4.90 Å². The number of piperazine rings is 1. The monoisotopic (exact) mass is 450 g/mol. The van der Waals surface area contributed by atoms with E-state index in [-0.39, 0.29) is 57.6 Å². The molecule has 0 unspecified atom stereocenters. The fourth-order valence-electron chi connectivity index (χ4n) is 2.82. The van der Waals surface area contributed by atoms with E-state index >= 15 is 0 Å². The topological polar surface area (TPSA) is 57.7 Å². The van der Waals surface area contributed by atoms with Crippen LogP contribution in [0.3, 0.4) is 0 Å². The maximum atomic E-state index is 13.2. The number of hydrogen-bond acceptors (Lipinski definition) is 3. The predicted octanol–water partition coefficient (Wildman–Crippen LogP) is 3.93. The third kappa shape index (κ3) is 4.07. The van der Waals surface area contributed by atoms with Gasteiger partial charge in [0.1, 0.15) is 10.7 Å². The lowest BCUT2D eigenvalue weighted by Crippen LogP contribution is -2.50. The van der Waals surface area contributed by atoms with Gasteiger partial charge >= 0.3 is 0 Å². The van der Waals surface area contributed by atoms with Crippen LogP contribution >= 0.6 is 34.8 Å². The normalized spacial score (nSPS) is 15.8. The molecule has 2 aromatic rings. The molecule has 1 saturated heterocycles. The molecule has 5 nitrogen and oxygen atoms in total. The molecule has 1 amide bonds. The molecular formula is C17H14Cl3FN2O3S. The van der Waals surface area contributed by atoms with Gasteiger partial charge in [-0.2, -0.15) is 4.31 Å². The molecule has 0 aromatic heterocycles. The third-order valence-electron chi connectivity index (χ3n) is 4.20. The van der Waals surface area contributed by atoms with Crippen LogP contribution < -0.4 is 0 Å². The molecule has 0 radical (unpaired) electrons. The fourth-order valence-corrected chi connectivity index (χ4v) is 5.58. The highest BCUT2D eigenvalue weighted by molar-refractivity contribution is 7.89. The Kier molecular flexibility index (Phi) is 5.98. The molecule has 0 saturated carbocycles. The Balaban J connectivity index is 1.76. The third-order valence-corrected chi connectivity index (χ3v) is 7.37. The summed E-state index contributed by atoms with van der Waals surface area (Å²) in [6.45, 7) is 0.477. The Morgan fingerprint density at radius 3 is 2.07 bits per heavy atom. The average molecular weight is 452 g/mol. The van der Waals surface area contributed by atoms with Crippen LogP contribution in [0.4, 0.5) is 4.39 Å². The number of carbonyl (C=O) groups is 1. The Morgan fingerprint density at radius 1 is 0.926 bits per heavy atom. The summed E-state index contributed by atoms with van der Waals surface area (Å²) in [6, 6.07) is 8.00. The number of rotatable bonds is 3. The van der Waals surface area contributed by atoms with E-state index in [4.69, 9.17) is 34.8 Å². The SMILES string of the molecule is O=C(c1ccc(F)cc1Cl)N1CCN(S(=O)(=O)c2c(Cl)cccc2Cl)CC1. The highest BCUT2D eigenvalue weighted by Gasteiger charge is 2.33. The van der Waals surface area contributed by atoms with Crippen molar-refractivity contribution in [3.8, 4) is 0 Å². The molecule has 1 fully saturated rings. The zero-order valence-corrected chi connectivity index (χ0v) is 16.9. The first-order valence-electron chi connectivity index (χ1n) is 7.90. The maximum Gasteiger partial charge on any atom is 0.255 e. The first kappa shape index (κ1) is 20.4. The van der Waals surface area contributed by atoms with E-state index < -0.39 is 15.8 Å². The Bertz CT molecular complexity index is 973. The first-order valence-corrected chi connectivity index (χ1v) is 10.5. The van der Waals surface area contributed by atoms with Crippen LogP contribution in [-0.2, 0) is 10.0 Å². The van der Waals surface area contributed by atoms with Gasteiger partial charge in [-0.3, -0.25) is 4.79 Å². The molecule has 27 heavy (non-hydrogen) atoms. The van der Waals surface area contributed by atoms with E-state index in [0.717, 1.165) is 12.1 Å². The van der Waals surface area contributed by atoms with E-state index in [2.05, 4.69) is 0 Å². The minimum atomic E-state index is -3.90. The minimum Gasteiger partial charge on any atom is -0.336 e. The molecule has 10 heteroatoms. The van der Waals surface area contributed by atoms with Gasteiger partial charge in [-0.05, 0) is 30.3 Å². The second-order valence-corrected chi connectivity index (χ2v) is 8.97. The number of hydrogen-bond donors (Lipinski definition) is 0. The molecule has 1 heterocycles. The molecule has 0 N–H and O–H groups in total. The minimum absolute atomic E-state index is 0.0119. The van der Waals surface area contributed by atoms with Crippen molar-refractivity contribution in [2.24, 2.45) is 0 Å². The van der Waals surface area contributed by atoms with E-state index in [1.807, 2.05) is 0 Å². The van der Waals surface area contributed by atoms with Crippen LogP contribution in [0, 0.1) is 5.82 Å². The van der Waals surface area contributed by atoms with E-state index in [1.165, 1.54) is 27.4 Å². The number of halogens is 4. The molecule has 0 bridgehead atoms. The number of nitrogens with zero attached hydrogens (tertiary/aromatic N) is 2. The van der Waals surface area contributed by atoms with Gasteiger partial charge in [0.25, 0.3) is 5.91 Å². The second kappa shape index (κ2) is 7.93. The van der Waals surface area contributed by atoms with Crippen molar-refractivity contribution in [1.82, 2.24) is 9.21 Å². The lowest BCUT2D eigenvalue weighted by Gasteiger charge is -2.34. The first-order chi connectivity index (χ1) is 12.7. The molecule has 1 aliphatic rings. The van der Waals surface area contributed by atoms with Crippen molar-refractivity contribution in [2.75, 3.05) is 26.2 Å². The summed E-state index contributed by atoms with van der Waals surface area (Å²) in [6.07, 6.45) is 0. The van der Waals surface area contributed by atoms with Gasteiger partial charge in [-0.1, -0.05) is 40.9 Å². The van der Waals surface area contributed by atoms with Gasteiger partial charge in [0.05, 0.1) is 20.6 Å². The standard InChI is InChI=1S/C17H14Cl3FN2O3S/c18-13-2-1-3-14(19)16(13)27(25,26)23-8-6-22(7-9-23)17(24)12-5-4-11(21)10-15(12)20/h1-5,10H,6-9H2. The van der Waals surface area contributed by atoms with Gasteiger partial charge < -0.3 is 4.90 Å². The van der Waals surface area contributed by atoms with Crippen LogP contribution in [-0.4, -0.2) is 49.7 Å². The summed E-state index contributed by atoms with van der Waals surface area (Å²) in [5.41, 5.74) is 0.170. The molecule has 0 atom stereocenters. The van der Waals surface area contributed by atoms with Crippen molar-refractivity contribution in [1.29, 1.82) is 0 Å². The molecule has 1 aliphatic heterocycles. The summed E-state index contributed by atoms with van der Waals surface area (Å²) in [4.78, 5) is 13.9. The Hall–Kier alpha value is -1.38. The van der Waals surface area contributed by atoms with Crippen LogP contribution in [0.2, 0.25) is 15.1 Å². The summed E-state index contributed by atoms with van der Waals surface area (Å²) in [5, 5.41) is 0.0936. The van der Waals surface area contributed by atoms with Gasteiger partial charge in [0.15, 0.2) is 0 Å². The Labute approximate surface area is 171 Å². The second-order valence-electron chi connectivity index (χ2n) is 5.87. The fraction of sp³-hybridized carbons (Fsp3) is 0.235. The molecule has 144 valence electrons. The Morgan fingerprint density at radius 2 is 1.52 bits per heavy atom. The van der Waals surface area contributed by atoms with Crippen LogP contribution in [0.15, 0.2) is 41.3 Å². The van der Waals surface area contributed by atoms with Crippen molar-refractivity contribution in [3.05, 3.63) is 62.8 Å². The largest absolute Gasteiger partial charge is 0.336 e. The lowest BCUT2D eigenvalue weighted by molar-refractivity contribution is 0.0698. The molecule has 3 rings (SSSR count). The van der Waals surface area contributed by atoms with Crippen molar-refractivity contribution < 1.29 is 17.6 Å². The van der Waals surface area contributed by atoms with Crippen LogP contribution in [0.5, 0.6) is 0 Å². The average Bonchev–Trinajstić information content (AvgIpc) is 2.61. The van der Waals surface area contributed by atoms with Gasteiger partial charge in [0.2, 0.25) is 10.0 Å².